The number of nitrogens with two attached hydrogens (primary N) is 1. The summed E-state index contributed by atoms with van der Waals surface area (Å²) in [6.07, 6.45) is 12.3. The van der Waals surface area contributed by atoms with Crippen LogP contribution in [0.1, 0.15) is 65.2 Å². The zero-order valence-corrected chi connectivity index (χ0v) is 13.6. The number of aliphatic hydroxyl groups is 1. The summed E-state index contributed by atoms with van der Waals surface area (Å²) >= 11 is 0. The Hall–Kier alpha value is -0.500. The van der Waals surface area contributed by atoms with E-state index >= 15 is 0 Å². The molecule has 0 heterocycles. The maximum absolute atomic E-state index is 10.3. The molecule has 4 rings (SSSR count). The van der Waals surface area contributed by atoms with Gasteiger partial charge in [-0.2, -0.15) is 0 Å². The third-order valence-corrected chi connectivity index (χ3v) is 8.25. The predicted molar refractivity (Wildman–Crippen MR) is 85.8 cm³/mol. The number of hydrogen-bond acceptors (Lipinski definition) is 2. The second-order valence-electron chi connectivity index (χ2n) is 8.97. The van der Waals surface area contributed by atoms with Crippen molar-refractivity contribution >= 4 is 0 Å². The van der Waals surface area contributed by atoms with Gasteiger partial charge in [0, 0.05) is 11.5 Å². The van der Waals surface area contributed by atoms with Crippen LogP contribution in [0, 0.1) is 34.5 Å². The standard InChI is InChI=1S/C19H31NO/c1-18-9-7-13(20)11-12(18)3-4-14-15-5-6-17(21)19(15,2)10-8-16(14)18/h6,12-16,21H,3-5,7-11,20H2,1-2H3/t12-,13-,14-,15-,16-,18-,19-/m0/s1. The van der Waals surface area contributed by atoms with E-state index in [0.717, 1.165) is 24.2 Å². The molecule has 3 fully saturated rings. The van der Waals surface area contributed by atoms with Crippen LogP contribution < -0.4 is 5.73 Å². The topological polar surface area (TPSA) is 46.2 Å². The average Bonchev–Trinajstić information content (AvgIpc) is 2.76. The van der Waals surface area contributed by atoms with Crippen LogP contribution in [0.4, 0.5) is 0 Å². The summed E-state index contributed by atoms with van der Waals surface area (Å²) in [6, 6.07) is 0.450. The van der Waals surface area contributed by atoms with Crippen molar-refractivity contribution in [3.05, 3.63) is 11.8 Å². The highest BCUT2D eigenvalue weighted by atomic mass is 16.3. The van der Waals surface area contributed by atoms with Gasteiger partial charge in [-0.1, -0.05) is 13.8 Å². The maximum atomic E-state index is 10.3. The molecule has 0 unspecified atom stereocenters. The van der Waals surface area contributed by atoms with Gasteiger partial charge in [0.1, 0.15) is 0 Å². The Morgan fingerprint density at radius 3 is 2.71 bits per heavy atom. The minimum atomic E-state index is 0.0927. The fourth-order valence-corrected chi connectivity index (χ4v) is 6.84. The molecule has 118 valence electrons. The van der Waals surface area contributed by atoms with Gasteiger partial charge in [-0.25, -0.2) is 0 Å². The van der Waals surface area contributed by atoms with Crippen LogP contribution in [-0.4, -0.2) is 11.1 Å². The van der Waals surface area contributed by atoms with Crippen LogP contribution in [0.25, 0.3) is 0 Å². The van der Waals surface area contributed by atoms with Gasteiger partial charge in [0.05, 0.1) is 5.76 Å². The highest BCUT2D eigenvalue weighted by molar-refractivity contribution is 5.20. The van der Waals surface area contributed by atoms with Crippen molar-refractivity contribution in [3.8, 4) is 0 Å². The lowest BCUT2D eigenvalue weighted by Gasteiger charge is -2.60. The lowest BCUT2D eigenvalue weighted by Crippen LogP contribution is -2.54. The Kier molecular flexibility index (Phi) is 3.03. The van der Waals surface area contributed by atoms with Crippen molar-refractivity contribution in [2.75, 3.05) is 0 Å². The normalized spacial score (nSPS) is 56.1. The summed E-state index contributed by atoms with van der Waals surface area (Å²) in [5.41, 5.74) is 6.87. The summed E-state index contributed by atoms with van der Waals surface area (Å²) in [5, 5.41) is 10.3. The Balaban J connectivity index is 1.63. The second-order valence-corrected chi connectivity index (χ2v) is 8.97. The van der Waals surface area contributed by atoms with Gasteiger partial charge in [0.2, 0.25) is 0 Å². The average molecular weight is 289 g/mol. The SMILES string of the molecule is C[C@]12CC[C@H](N)C[C@@H]1CC[C@@H]1[C@@H]2CC[C@]2(C)C(O)=CC[C@@H]12. The van der Waals surface area contributed by atoms with Crippen molar-refractivity contribution < 1.29 is 5.11 Å². The van der Waals surface area contributed by atoms with E-state index in [4.69, 9.17) is 5.73 Å². The van der Waals surface area contributed by atoms with Crippen molar-refractivity contribution in [1.82, 2.24) is 0 Å². The fraction of sp³-hybridized carbons (Fsp3) is 0.895. The lowest BCUT2D eigenvalue weighted by molar-refractivity contribution is -0.106. The van der Waals surface area contributed by atoms with E-state index in [2.05, 4.69) is 19.9 Å². The van der Waals surface area contributed by atoms with E-state index in [1.54, 1.807) is 0 Å². The highest BCUT2D eigenvalue weighted by Crippen LogP contribution is 2.65. The van der Waals surface area contributed by atoms with E-state index in [1.807, 2.05) is 0 Å². The van der Waals surface area contributed by atoms with E-state index in [1.165, 1.54) is 44.9 Å². The first-order valence-corrected chi connectivity index (χ1v) is 9.10. The van der Waals surface area contributed by atoms with E-state index < -0.39 is 0 Å². The maximum Gasteiger partial charge on any atom is 0.0944 e. The highest BCUT2D eigenvalue weighted by Gasteiger charge is 2.58. The van der Waals surface area contributed by atoms with Gasteiger partial charge in [0.25, 0.3) is 0 Å². The minimum absolute atomic E-state index is 0.0927. The molecule has 21 heavy (non-hydrogen) atoms. The van der Waals surface area contributed by atoms with E-state index in [9.17, 15) is 5.11 Å². The molecule has 0 aliphatic heterocycles. The molecule has 0 radical (unpaired) electrons. The summed E-state index contributed by atoms with van der Waals surface area (Å²) in [5.74, 6) is 3.96. The van der Waals surface area contributed by atoms with Crippen molar-refractivity contribution in [3.63, 3.8) is 0 Å². The molecule has 2 heteroatoms. The van der Waals surface area contributed by atoms with Crippen LogP contribution in [0.2, 0.25) is 0 Å². The van der Waals surface area contributed by atoms with Gasteiger partial charge in [-0.15, -0.1) is 0 Å². The first-order chi connectivity index (χ1) is 9.95. The molecule has 3 N–H and O–H groups in total. The predicted octanol–water partition coefficient (Wildman–Crippen LogP) is 4.41. The number of aliphatic hydroxyl groups excluding tert-OH is 1. The zero-order chi connectivity index (χ0) is 14.8. The van der Waals surface area contributed by atoms with Crippen molar-refractivity contribution in [2.45, 2.75) is 71.3 Å². The second kappa shape index (κ2) is 4.50. The third kappa shape index (κ3) is 1.81. The van der Waals surface area contributed by atoms with Gasteiger partial charge in [-0.3, -0.25) is 0 Å². The number of rotatable bonds is 0. The quantitative estimate of drug-likeness (QED) is 0.694. The molecular formula is C19H31NO. The van der Waals surface area contributed by atoms with E-state index in [0.29, 0.717) is 23.1 Å². The van der Waals surface area contributed by atoms with Crippen LogP contribution in [-0.2, 0) is 0 Å². The van der Waals surface area contributed by atoms with Crippen LogP contribution in [0.15, 0.2) is 11.8 Å². The monoisotopic (exact) mass is 289 g/mol. The molecule has 0 spiro atoms. The summed E-state index contributed by atoms with van der Waals surface area (Å²) in [6.45, 7) is 4.89. The summed E-state index contributed by atoms with van der Waals surface area (Å²) in [7, 11) is 0. The molecule has 7 atom stereocenters. The van der Waals surface area contributed by atoms with Crippen LogP contribution >= 0.6 is 0 Å². The fourth-order valence-electron chi connectivity index (χ4n) is 6.84. The smallest absolute Gasteiger partial charge is 0.0944 e. The van der Waals surface area contributed by atoms with Crippen molar-refractivity contribution in [2.24, 2.45) is 40.2 Å². The Labute approximate surface area is 129 Å². The van der Waals surface area contributed by atoms with Gasteiger partial charge in [0.15, 0.2) is 0 Å². The van der Waals surface area contributed by atoms with Gasteiger partial charge < -0.3 is 10.8 Å². The molecule has 4 aliphatic carbocycles. The Morgan fingerprint density at radius 2 is 1.90 bits per heavy atom. The molecule has 3 saturated carbocycles. The molecule has 0 amide bonds. The lowest BCUT2D eigenvalue weighted by atomic mass is 9.45. The minimum Gasteiger partial charge on any atom is -0.512 e. The Bertz CT molecular complexity index is 472. The third-order valence-electron chi connectivity index (χ3n) is 8.25. The first-order valence-electron chi connectivity index (χ1n) is 9.10. The van der Waals surface area contributed by atoms with E-state index in [-0.39, 0.29) is 5.41 Å². The number of allylic oxidation sites excluding steroid dienone is 2. The first kappa shape index (κ1) is 14.1. The Morgan fingerprint density at radius 1 is 1.10 bits per heavy atom. The molecule has 0 aromatic rings. The van der Waals surface area contributed by atoms with Gasteiger partial charge in [-0.05, 0) is 86.5 Å². The molecule has 0 saturated heterocycles. The summed E-state index contributed by atoms with van der Waals surface area (Å²) in [4.78, 5) is 0. The summed E-state index contributed by atoms with van der Waals surface area (Å²) < 4.78 is 0. The van der Waals surface area contributed by atoms with Crippen molar-refractivity contribution in [1.29, 1.82) is 0 Å². The number of fused-ring (bicyclic) bond motifs is 5. The molecule has 4 aliphatic rings. The van der Waals surface area contributed by atoms with Crippen LogP contribution in [0.3, 0.4) is 0 Å². The molecule has 0 bridgehead atoms. The molecule has 2 nitrogen and oxygen atoms in total. The number of hydrogen-bond donors (Lipinski definition) is 2. The molecular weight excluding hydrogens is 258 g/mol. The van der Waals surface area contributed by atoms with Gasteiger partial charge >= 0.3 is 0 Å². The molecule has 0 aromatic carbocycles. The largest absolute Gasteiger partial charge is 0.512 e. The molecule has 0 aromatic heterocycles. The zero-order valence-electron chi connectivity index (χ0n) is 13.6. The van der Waals surface area contributed by atoms with Crippen LogP contribution in [0.5, 0.6) is 0 Å².